The number of rotatable bonds is 23. The van der Waals surface area contributed by atoms with Gasteiger partial charge in [0.05, 0.1) is 54.0 Å². The number of hydrogen-bond donors (Lipinski definition) is 21. The van der Waals surface area contributed by atoms with Gasteiger partial charge in [-0.15, -0.1) is 0 Å². The lowest BCUT2D eigenvalue weighted by molar-refractivity contribution is -0.334. The van der Waals surface area contributed by atoms with E-state index in [0.29, 0.717) is 16.7 Å². The van der Waals surface area contributed by atoms with Crippen LogP contribution >= 0.6 is 23.2 Å². The maximum Gasteiger partial charge on any atom is 0.407 e. The van der Waals surface area contributed by atoms with Crippen molar-refractivity contribution in [2.24, 2.45) is 11.7 Å². The zero-order valence-corrected chi connectivity index (χ0v) is 70.2. The molecule has 19 atom stereocenters. The van der Waals surface area contributed by atoms with Crippen LogP contribution in [0.4, 0.5) is 4.79 Å². The Balaban J connectivity index is 1.04. The molecule has 7 heterocycles. The molecule has 7 aliphatic heterocycles. The number of benzene rings is 6. The fourth-order valence-electron chi connectivity index (χ4n) is 15.1. The van der Waals surface area contributed by atoms with Crippen molar-refractivity contribution >= 4 is 88.5 Å². The summed E-state index contributed by atoms with van der Waals surface area (Å²) in [6.07, 6.45) is -21.8. The number of ether oxygens (including phenoxy) is 9. The van der Waals surface area contributed by atoms with E-state index in [2.05, 4.69) is 47.9 Å². The lowest BCUT2D eigenvalue weighted by Crippen LogP contribution is -2.66. The smallest absolute Gasteiger partial charge is 0.407 e. The molecule has 678 valence electrons. The van der Waals surface area contributed by atoms with Crippen molar-refractivity contribution in [1.82, 2.24) is 47.9 Å². The number of halogens is 2. The summed E-state index contributed by atoms with van der Waals surface area (Å²) in [4.78, 5) is 158. The van der Waals surface area contributed by atoms with Crippen molar-refractivity contribution in [3.05, 3.63) is 146 Å². The lowest BCUT2D eigenvalue weighted by Gasteiger charge is -2.48. The highest BCUT2D eigenvalue weighted by atomic mass is 35.5. The van der Waals surface area contributed by atoms with Gasteiger partial charge in [0.15, 0.2) is 29.9 Å². The van der Waals surface area contributed by atoms with Crippen molar-refractivity contribution in [3.8, 4) is 62.9 Å². The Hall–Kier alpha value is -11.8. The number of amides is 9. The Labute approximate surface area is 727 Å². The van der Waals surface area contributed by atoms with E-state index < -0.39 is 297 Å². The molecule has 13 rings (SSSR count). The van der Waals surface area contributed by atoms with Gasteiger partial charge in [0.1, 0.15) is 121 Å². The first-order valence-corrected chi connectivity index (χ1v) is 40.3. The number of nitrogens with two attached hydrogens (primary N) is 1. The predicted octanol–water partition coefficient (Wildman–Crippen LogP) is 1.11. The van der Waals surface area contributed by atoms with E-state index in [4.69, 9.17) is 76.7 Å². The molecule has 6 aromatic rings. The summed E-state index contributed by atoms with van der Waals surface area (Å²) in [5.41, 5.74) is 2.12. The number of hydrogen-bond acceptors (Lipinski definition) is 31. The van der Waals surface area contributed by atoms with E-state index in [9.17, 15) is 89.4 Å². The molecule has 0 aromatic heterocycles. The van der Waals surface area contributed by atoms with Gasteiger partial charge in [-0.3, -0.25) is 38.4 Å². The third kappa shape index (κ3) is 21.6. The van der Waals surface area contributed by atoms with E-state index in [1.165, 1.54) is 33.9 Å². The Bertz CT molecular complexity index is 5160. The zero-order valence-electron chi connectivity index (χ0n) is 68.7. The molecular formula is C83H96Cl2N10O31. The number of aryl methyl sites for hydroxylation is 2. The summed E-state index contributed by atoms with van der Waals surface area (Å²) in [7, 11) is 1.45. The zero-order chi connectivity index (χ0) is 91.9. The number of primary amides is 1. The van der Waals surface area contributed by atoms with Crippen LogP contribution in [0.15, 0.2) is 91.0 Å². The SMILES string of the molecule is CN[C@H](CC(C)C)C(=O)N[C@H]1C(=O)N[C@@H](CC(N)=O)C(=O)N[C@H]2C(=O)N[C@H]3C(=O)N[C@H](C(=O)N[C@H](C(=O)O)c4cc(O)cc(O)c4-c4cc3ccc4O)[C@H](O)c3ccc(c(Cl)c3)Oc3cc2cc(c3OC2OC(CO)C(O)C(O)C2OC2CC(C)(NC(=O)OCc3cc(C)c(OC(=O)C(C)NC(=O)COCCO)c(C)c3)C(O)C(C)O2)Oc2ccc(cc2Cl)[C@H]1O. The topological polar surface area (TPSA) is 628 Å². The molecule has 2 fully saturated rings. The molecule has 6 aromatic carbocycles. The molecule has 0 radical (unpaired) electrons. The highest BCUT2D eigenvalue weighted by molar-refractivity contribution is 6.32. The number of alkyl carbamates (subject to hydrolysis) is 1. The van der Waals surface area contributed by atoms with Crippen molar-refractivity contribution in [2.75, 3.05) is 33.5 Å². The molecular weight excluding hydrogens is 1700 g/mol. The Morgan fingerprint density at radius 2 is 1.31 bits per heavy atom. The average Bonchev–Trinajstić information content (AvgIpc) is 0.765. The van der Waals surface area contributed by atoms with Crippen LogP contribution in [0.5, 0.6) is 51.7 Å². The number of aliphatic hydroxyl groups excluding tert-OH is 7. The molecule has 0 aliphatic carbocycles. The molecule has 0 saturated carbocycles. The van der Waals surface area contributed by atoms with Crippen LogP contribution in [-0.2, 0) is 78.2 Å². The van der Waals surface area contributed by atoms with Crippen LogP contribution in [0.25, 0.3) is 11.1 Å². The number of aliphatic carboxylic acids is 1. The van der Waals surface area contributed by atoms with Gasteiger partial charge in [-0.25, -0.2) is 14.4 Å². The molecule has 22 N–H and O–H groups in total. The van der Waals surface area contributed by atoms with Crippen LogP contribution in [0.3, 0.4) is 0 Å². The molecule has 43 heteroatoms. The highest BCUT2D eigenvalue weighted by Gasteiger charge is 2.53. The first-order valence-electron chi connectivity index (χ1n) is 39.5. The largest absolute Gasteiger partial charge is 0.508 e. The molecule has 10 unspecified atom stereocenters. The normalized spacial score (nSPS) is 26.0. The Morgan fingerprint density at radius 1 is 0.690 bits per heavy atom. The van der Waals surface area contributed by atoms with Crippen LogP contribution in [0.1, 0.15) is 129 Å². The number of aromatic hydroxyl groups is 3. The summed E-state index contributed by atoms with van der Waals surface area (Å²) >= 11 is 14.3. The quantitative estimate of drug-likeness (QED) is 0.0243. The molecule has 41 nitrogen and oxygen atoms in total. The number of phenols is 3. The van der Waals surface area contributed by atoms with E-state index in [-0.39, 0.29) is 42.4 Å². The summed E-state index contributed by atoms with van der Waals surface area (Å²) < 4.78 is 55.4. The van der Waals surface area contributed by atoms with Crippen molar-refractivity contribution < 1.29 is 152 Å². The van der Waals surface area contributed by atoms with Gasteiger partial charge in [-0.1, -0.05) is 55.2 Å². The minimum absolute atomic E-state index is 0.101. The molecule has 9 amide bonds. The summed E-state index contributed by atoms with van der Waals surface area (Å²) in [5, 5.41) is 147. The maximum atomic E-state index is 16.2. The van der Waals surface area contributed by atoms with E-state index >= 15 is 14.4 Å². The third-order valence-electron chi connectivity index (χ3n) is 21.4. The average molecular weight is 1800 g/mol. The van der Waals surface area contributed by atoms with Crippen LogP contribution in [0.2, 0.25) is 10.0 Å². The fourth-order valence-corrected chi connectivity index (χ4v) is 15.5. The van der Waals surface area contributed by atoms with Crippen molar-refractivity contribution in [3.63, 3.8) is 0 Å². The van der Waals surface area contributed by atoms with E-state index in [1.54, 1.807) is 39.8 Å². The Morgan fingerprint density at radius 3 is 1.91 bits per heavy atom. The monoisotopic (exact) mass is 1800 g/mol. The molecule has 126 heavy (non-hydrogen) atoms. The summed E-state index contributed by atoms with van der Waals surface area (Å²) in [6.45, 7) is 8.71. The number of likely N-dealkylation sites (N-methyl/N-ethyl adjacent to an activating group) is 1. The second-order valence-corrected chi connectivity index (χ2v) is 32.2. The van der Waals surface area contributed by atoms with Gasteiger partial charge >= 0.3 is 18.0 Å². The van der Waals surface area contributed by atoms with Crippen LogP contribution < -0.4 is 72.5 Å². The first kappa shape index (κ1) is 94.9. The summed E-state index contributed by atoms with van der Waals surface area (Å²) in [5.74, 6) is -18.1. The third-order valence-corrected chi connectivity index (χ3v) is 22.0. The van der Waals surface area contributed by atoms with Gasteiger partial charge < -0.3 is 152 Å². The lowest BCUT2D eigenvalue weighted by atomic mass is 9.85. The number of esters is 1. The summed E-state index contributed by atoms with van der Waals surface area (Å²) in [6, 6.07) is 0.553. The number of carbonyl (C=O) groups is 11. The predicted molar refractivity (Wildman–Crippen MR) is 435 cm³/mol. The first-order chi connectivity index (χ1) is 59.6. The van der Waals surface area contributed by atoms with Gasteiger partial charge in [0.2, 0.25) is 59.3 Å². The van der Waals surface area contributed by atoms with Crippen LogP contribution in [0, 0.1) is 19.8 Å². The number of fused-ring (bicyclic) bond motifs is 15. The van der Waals surface area contributed by atoms with Crippen molar-refractivity contribution in [1.29, 1.82) is 0 Å². The van der Waals surface area contributed by atoms with Gasteiger partial charge in [-0.2, -0.15) is 0 Å². The maximum absolute atomic E-state index is 16.2. The van der Waals surface area contributed by atoms with Crippen molar-refractivity contribution in [2.45, 2.75) is 190 Å². The number of carboxylic acid groups (broad SMARTS) is 1. The number of nitrogens with one attached hydrogen (secondary N) is 9. The molecule has 7 aliphatic rings. The minimum atomic E-state index is -2.42. The van der Waals surface area contributed by atoms with Gasteiger partial charge in [-0.05, 0) is 160 Å². The molecule has 0 spiro atoms. The number of carbonyl (C=O) groups excluding carboxylic acids is 10. The van der Waals surface area contributed by atoms with Gasteiger partial charge in [0, 0.05) is 29.2 Å². The second-order valence-electron chi connectivity index (χ2n) is 31.4. The van der Waals surface area contributed by atoms with Gasteiger partial charge in [0.25, 0.3) is 0 Å². The fraction of sp³-hybridized carbons (Fsp3) is 0.434. The van der Waals surface area contributed by atoms with E-state index in [1.807, 2.05) is 0 Å². The minimum Gasteiger partial charge on any atom is -0.508 e. The van der Waals surface area contributed by atoms with Crippen LogP contribution in [-0.4, -0.2) is 240 Å². The number of carboxylic acids is 1. The standard InChI is InChI=1S/C83H96Cl2N10O31/c1-32(2)17-47(87-8)73(108)93-63-65(103)39-10-13-51(45(84)21-39)121-53-23-41-24-54(70(53)126-81-71(68(106)67(105)55(29-97)123-81)124-58-28-83(7,72(107)36(6)120-58)95-82(117)119-30-37-18-33(3)69(34(4)19-37)125-80(116)35(5)88-57(102)31-118-16-15-96)122-52-14-11-40(22-46(52)85)66(104)64-78(113)92-62(79(114)115)44-25-42(98)26-50(100)59(44)43-20-38(9-12-49(43)99)60(75(110)94-64)91-76(111)61(41)90-74(109)48(27-56(86)101)89-77(63)112/h9-14,18-26,32,35-36,47-48,55,58,60-68,71-72,81,87,96-100,103-107H,15-17,27-31H2,1-8H3,(H2,86,101)(H,88,102)(H,89,112)(H,90,109)(H,91,111)(H,92,113)(H,93,108)(H,94,110)(H,95,117)(H,114,115)/t35?,36?,47-,48+,55?,58?,60-,61-,62+,63-,64+,65-,66-,67?,68?,71?,72?,81?,83?/m1/s1. The number of aliphatic hydroxyl groups is 7. The Kier molecular flexibility index (Phi) is 30.3. The number of phenolic OH excluding ortho intramolecular Hbond substituents is 3. The second kappa shape index (κ2) is 40.2. The van der Waals surface area contributed by atoms with E-state index in [0.717, 1.165) is 72.8 Å². The highest BCUT2D eigenvalue weighted by Crippen LogP contribution is 2.50. The molecule has 2 saturated heterocycles. The molecule has 11 bridgehead atoms.